The van der Waals surface area contributed by atoms with Crippen LogP contribution in [0.15, 0.2) is 24.3 Å². The van der Waals surface area contributed by atoms with E-state index in [-0.39, 0.29) is 11.8 Å². The van der Waals surface area contributed by atoms with Crippen molar-refractivity contribution in [3.05, 3.63) is 35.0 Å². The molecule has 33 heavy (non-hydrogen) atoms. The van der Waals surface area contributed by atoms with Crippen molar-refractivity contribution in [3.8, 4) is 5.19 Å². The summed E-state index contributed by atoms with van der Waals surface area (Å²) in [5.74, 6) is 0. The Morgan fingerprint density at radius 3 is 2.67 bits per heavy atom. The lowest BCUT2D eigenvalue weighted by molar-refractivity contribution is 0.0553. The minimum atomic E-state index is -0.941. The van der Waals surface area contributed by atoms with Crippen molar-refractivity contribution < 1.29 is 14.3 Å². The van der Waals surface area contributed by atoms with Crippen molar-refractivity contribution in [2.75, 3.05) is 32.2 Å². The molecule has 2 atom stereocenters. The Labute approximate surface area is 199 Å². The number of carbonyl (C=O) groups excluding carboxylic acids is 1. The maximum Gasteiger partial charge on any atom is 0.416 e. The van der Waals surface area contributed by atoms with Gasteiger partial charge in [0.1, 0.15) is 6.67 Å². The summed E-state index contributed by atoms with van der Waals surface area (Å²) in [6.45, 7) is 5.29. The molecule has 2 unspecified atom stereocenters. The number of aryl methyl sites for hydroxylation is 1. The average Bonchev–Trinajstić information content (AvgIpc) is 3.38. The monoisotopic (exact) mass is 477 g/mol. The number of rotatable bonds is 12. The number of carbonyl (C=O) groups is 1. The molecule has 182 valence electrons. The zero-order chi connectivity index (χ0) is 23.7. The molecule has 10 heteroatoms. The van der Waals surface area contributed by atoms with Crippen molar-refractivity contribution in [1.82, 2.24) is 19.7 Å². The van der Waals surface area contributed by atoms with Gasteiger partial charge in [-0.1, -0.05) is 61.9 Å². The van der Waals surface area contributed by atoms with Crippen LogP contribution in [0.5, 0.6) is 5.19 Å². The number of aromatic nitrogens is 2. The normalized spacial score (nSPS) is 20.7. The van der Waals surface area contributed by atoms with E-state index in [0.717, 1.165) is 49.9 Å². The van der Waals surface area contributed by atoms with Crippen LogP contribution in [0.25, 0.3) is 0 Å². The molecule has 2 heterocycles. The van der Waals surface area contributed by atoms with E-state index in [1.54, 1.807) is 0 Å². The van der Waals surface area contributed by atoms with Crippen LogP contribution in [0, 0.1) is 5.21 Å². The first kappa shape index (κ1) is 25.4. The molecular formula is C23H35N5O4S. The minimum Gasteiger partial charge on any atom is -0.622 e. The molecular weight excluding hydrogens is 442 g/mol. The SMILES string of the molecule is CCCCCCOc1nnc([N+]2([O-])CN(C)CC2OC(=O)Nc2ccc(CCCC)cc2)s1. The summed E-state index contributed by atoms with van der Waals surface area (Å²) in [5.41, 5.74) is 1.85. The van der Waals surface area contributed by atoms with Gasteiger partial charge in [0.25, 0.3) is 11.4 Å². The number of amides is 1. The predicted octanol–water partition coefficient (Wildman–Crippen LogP) is 5.12. The molecule has 9 nitrogen and oxygen atoms in total. The molecule has 0 spiro atoms. The van der Waals surface area contributed by atoms with Gasteiger partial charge in [-0.05, 0) is 44.0 Å². The standard InChI is InChI=1S/C23H35N5O4S/c1-4-6-8-9-15-31-23-26-25-21(33-23)28(30)17-27(3)16-20(28)32-22(29)24-19-13-11-18(12-14-19)10-7-5-2/h11-14,20H,4-10,15-17H2,1-3H3,(H,24,29). The van der Waals surface area contributed by atoms with Gasteiger partial charge in [0, 0.05) is 17.0 Å². The fourth-order valence-corrected chi connectivity index (χ4v) is 4.51. The Morgan fingerprint density at radius 1 is 1.18 bits per heavy atom. The summed E-state index contributed by atoms with van der Waals surface area (Å²) in [6, 6.07) is 7.68. The van der Waals surface area contributed by atoms with E-state index in [4.69, 9.17) is 9.47 Å². The summed E-state index contributed by atoms with van der Waals surface area (Å²) in [4.78, 5) is 14.3. The van der Waals surface area contributed by atoms with Gasteiger partial charge in [0.05, 0.1) is 13.2 Å². The lowest BCUT2D eigenvalue weighted by Crippen LogP contribution is -2.51. The third kappa shape index (κ3) is 7.10. The number of unbranched alkanes of at least 4 members (excludes halogenated alkanes) is 4. The van der Waals surface area contributed by atoms with Crippen LogP contribution in [0.4, 0.5) is 15.6 Å². The van der Waals surface area contributed by atoms with Crippen LogP contribution in [0.2, 0.25) is 0 Å². The second-order valence-electron chi connectivity index (χ2n) is 8.52. The molecule has 1 N–H and O–H groups in total. The van der Waals surface area contributed by atoms with E-state index >= 15 is 0 Å². The van der Waals surface area contributed by atoms with E-state index in [2.05, 4.69) is 29.4 Å². The summed E-state index contributed by atoms with van der Waals surface area (Å²) in [6.07, 6.45) is 6.04. The smallest absolute Gasteiger partial charge is 0.416 e. The number of quaternary nitrogens is 1. The third-order valence-electron chi connectivity index (χ3n) is 5.59. The van der Waals surface area contributed by atoms with Crippen molar-refractivity contribution >= 4 is 28.2 Å². The van der Waals surface area contributed by atoms with E-state index in [0.29, 0.717) is 24.0 Å². The molecule has 0 bridgehead atoms. The lowest BCUT2D eigenvalue weighted by Gasteiger charge is -2.37. The first-order valence-electron chi connectivity index (χ1n) is 11.7. The molecule has 1 fully saturated rings. The van der Waals surface area contributed by atoms with Crippen LogP contribution in [0.1, 0.15) is 57.9 Å². The van der Waals surface area contributed by atoms with Crippen LogP contribution in [-0.2, 0) is 11.2 Å². The van der Waals surface area contributed by atoms with Crippen LogP contribution < -0.4 is 14.7 Å². The van der Waals surface area contributed by atoms with Gasteiger partial charge in [-0.15, -0.1) is 0 Å². The van der Waals surface area contributed by atoms with Crippen LogP contribution in [-0.4, -0.2) is 54.3 Å². The quantitative estimate of drug-likeness (QED) is 0.257. The first-order chi connectivity index (χ1) is 15.9. The molecule has 0 radical (unpaired) electrons. The third-order valence-corrected chi connectivity index (χ3v) is 6.54. The second kappa shape index (κ2) is 12.3. The number of ether oxygens (including phenoxy) is 2. The predicted molar refractivity (Wildman–Crippen MR) is 131 cm³/mol. The maximum absolute atomic E-state index is 13.6. The highest BCUT2D eigenvalue weighted by atomic mass is 32.1. The van der Waals surface area contributed by atoms with Gasteiger partial charge in [-0.2, -0.15) is 0 Å². The van der Waals surface area contributed by atoms with Gasteiger partial charge in [0.2, 0.25) is 0 Å². The molecule has 0 saturated carbocycles. The summed E-state index contributed by atoms with van der Waals surface area (Å²) in [7, 11) is 1.81. The fraction of sp³-hybridized carbons (Fsp3) is 0.609. The molecule has 3 rings (SSSR count). The number of hydrogen-bond donors (Lipinski definition) is 1. The first-order valence-corrected chi connectivity index (χ1v) is 12.6. The second-order valence-corrected chi connectivity index (χ2v) is 9.44. The number of hydrogen-bond acceptors (Lipinski definition) is 8. The number of anilines is 1. The Kier molecular flexibility index (Phi) is 9.42. The number of hydroxylamine groups is 2. The Bertz CT molecular complexity index is 878. The van der Waals surface area contributed by atoms with Crippen molar-refractivity contribution in [2.24, 2.45) is 0 Å². The van der Waals surface area contributed by atoms with Crippen molar-refractivity contribution in [1.29, 1.82) is 0 Å². The average molecular weight is 478 g/mol. The Hall–Kier alpha value is -2.27. The lowest BCUT2D eigenvalue weighted by atomic mass is 10.1. The highest BCUT2D eigenvalue weighted by Gasteiger charge is 2.45. The zero-order valence-corrected chi connectivity index (χ0v) is 20.6. The van der Waals surface area contributed by atoms with Gasteiger partial charge in [0.15, 0.2) is 0 Å². The minimum absolute atomic E-state index is 0.120. The molecule has 1 saturated heterocycles. The number of benzene rings is 1. The summed E-state index contributed by atoms with van der Waals surface area (Å²) in [5, 5.41) is 25.0. The molecule has 1 aliphatic rings. The summed E-state index contributed by atoms with van der Waals surface area (Å²) < 4.78 is 10.3. The molecule has 1 amide bonds. The molecule has 1 aromatic heterocycles. The molecule has 1 aromatic carbocycles. The molecule has 0 aliphatic carbocycles. The van der Waals surface area contributed by atoms with Crippen LogP contribution >= 0.6 is 11.3 Å². The van der Waals surface area contributed by atoms with Gasteiger partial charge in [-0.25, -0.2) is 9.69 Å². The van der Waals surface area contributed by atoms with Gasteiger partial charge >= 0.3 is 11.2 Å². The van der Waals surface area contributed by atoms with E-state index in [9.17, 15) is 10.0 Å². The number of nitrogens with zero attached hydrogens (tertiary/aromatic N) is 4. The molecule has 1 aliphatic heterocycles. The topological polar surface area (TPSA) is 99.6 Å². The van der Waals surface area contributed by atoms with E-state index in [1.807, 2.05) is 36.2 Å². The maximum atomic E-state index is 13.6. The number of nitrogens with one attached hydrogen (secondary N) is 1. The van der Waals surface area contributed by atoms with Crippen molar-refractivity contribution in [3.63, 3.8) is 0 Å². The highest BCUT2D eigenvalue weighted by Crippen LogP contribution is 2.36. The Morgan fingerprint density at radius 2 is 1.94 bits per heavy atom. The van der Waals surface area contributed by atoms with Gasteiger partial charge in [-0.3, -0.25) is 9.96 Å². The largest absolute Gasteiger partial charge is 0.622 e. The fourth-order valence-electron chi connectivity index (χ4n) is 3.72. The van der Waals surface area contributed by atoms with Crippen molar-refractivity contribution in [2.45, 2.75) is 65.0 Å². The highest BCUT2D eigenvalue weighted by molar-refractivity contribution is 7.16. The summed E-state index contributed by atoms with van der Waals surface area (Å²) >= 11 is 1.11. The molecule has 2 aromatic rings. The van der Waals surface area contributed by atoms with Crippen LogP contribution in [0.3, 0.4) is 0 Å². The Balaban J connectivity index is 1.57. The van der Waals surface area contributed by atoms with E-state index in [1.165, 1.54) is 12.0 Å². The van der Waals surface area contributed by atoms with Gasteiger partial charge < -0.3 is 14.7 Å². The van der Waals surface area contributed by atoms with E-state index < -0.39 is 17.0 Å². The number of likely N-dealkylation sites (N-methyl/N-ethyl adjacent to an activating group) is 1. The zero-order valence-electron chi connectivity index (χ0n) is 19.8.